The van der Waals surface area contributed by atoms with Crippen LogP contribution in [0.25, 0.3) is 11.5 Å². The highest BCUT2D eigenvalue weighted by atomic mass is 35.5. The van der Waals surface area contributed by atoms with Gasteiger partial charge in [-0.2, -0.15) is 5.10 Å². The number of rotatable bonds is 8. The van der Waals surface area contributed by atoms with Crippen molar-refractivity contribution in [2.45, 2.75) is 26.6 Å². The molecule has 1 amide bonds. The normalized spacial score (nSPS) is 10.8. The summed E-state index contributed by atoms with van der Waals surface area (Å²) in [6.45, 7) is 3.38. The van der Waals surface area contributed by atoms with Crippen LogP contribution in [0, 0.1) is 0 Å². The number of carbonyl (C=O) groups is 1. The smallest absolute Gasteiger partial charge is 0.251 e. The number of benzene rings is 1. The third-order valence-corrected chi connectivity index (χ3v) is 5.28. The Morgan fingerprint density at radius 3 is 2.84 bits per heavy atom. The molecule has 0 aliphatic carbocycles. The Bertz CT molecular complexity index is 1220. The maximum atomic E-state index is 12.6. The lowest BCUT2D eigenvalue weighted by atomic mass is 10.2. The summed E-state index contributed by atoms with van der Waals surface area (Å²) in [5, 5.41) is 19.4. The Kier molecular flexibility index (Phi) is 6.41. The Morgan fingerprint density at radius 1 is 1.19 bits per heavy atom. The van der Waals surface area contributed by atoms with E-state index in [-0.39, 0.29) is 5.91 Å². The summed E-state index contributed by atoms with van der Waals surface area (Å²) < 4.78 is 3.63. The molecule has 11 heteroatoms. The minimum Gasteiger partial charge on any atom is -0.378 e. The molecule has 0 saturated heterocycles. The van der Waals surface area contributed by atoms with Crippen LogP contribution >= 0.6 is 11.6 Å². The summed E-state index contributed by atoms with van der Waals surface area (Å²) in [6, 6.07) is 9.04. The van der Waals surface area contributed by atoms with E-state index < -0.39 is 0 Å². The molecule has 0 saturated carbocycles. The van der Waals surface area contributed by atoms with Gasteiger partial charge in [-0.15, -0.1) is 10.2 Å². The summed E-state index contributed by atoms with van der Waals surface area (Å²) in [5.41, 5.74) is 2.80. The predicted octanol–water partition coefficient (Wildman–Crippen LogP) is 2.68. The first-order valence-corrected chi connectivity index (χ1v) is 10.4. The van der Waals surface area contributed by atoms with Gasteiger partial charge in [-0.3, -0.25) is 9.48 Å². The third kappa shape index (κ3) is 4.59. The number of nitrogens with one attached hydrogen (secondary N) is 2. The number of aromatic nitrogens is 7. The fraction of sp³-hybridized carbons (Fsp3) is 0.238. The Labute approximate surface area is 189 Å². The first kappa shape index (κ1) is 21.4. The molecule has 0 aliphatic rings. The van der Waals surface area contributed by atoms with E-state index in [0.717, 1.165) is 17.2 Å². The molecule has 0 spiro atoms. The first-order chi connectivity index (χ1) is 15.6. The number of anilines is 1. The van der Waals surface area contributed by atoms with Crippen molar-refractivity contribution in [2.24, 2.45) is 7.05 Å². The molecule has 2 N–H and O–H groups in total. The number of hydrogen-bond acceptors (Lipinski definition) is 7. The fourth-order valence-electron chi connectivity index (χ4n) is 3.22. The number of halogens is 1. The minimum atomic E-state index is -0.196. The van der Waals surface area contributed by atoms with Crippen molar-refractivity contribution in [3.8, 4) is 11.5 Å². The van der Waals surface area contributed by atoms with E-state index in [9.17, 15) is 4.79 Å². The zero-order valence-electron chi connectivity index (χ0n) is 17.7. The van der Waals surface area contributed by atoms with Crippen molar-refractivity contribution < 1.29 is 4.79 Å². The van der Waals surface area contributed by atoms with Gasteiger partial charge in [0.15, 0.2) is 11.6 Å². The van der Waals surface area contributed by atoms with Gasteiger partial charge in [-0.1, -0.05) is 17.7 Å². The highest BCUT2D eigenvalue weighted by Gasteiger charge is 2.13. The van der Waals surface area contributed by atoms with Crippen LogP contribution in [0.1, 0.15) is 28.8 Å². The molecule has 32 heavy (non-hydrogen) atoms. The molecule has 0 aliphatic heterocycles. The molecule has 1 aromatic carbocycles. The fourth-order valence-corrected chi connectivity index (χ4v) is 3.42. The van der Waals surface area contributed by atoms with Crippen LogP contribution in [-0.2, 0) is 26.7 Å². The van der Waals surface area contributed by atoms with Gasteiger partial charge in [0.1, 0.15) is 12.0 Å². The van der Waals surface area contributed by atoms with E-state index in [1.54, 1.807) is 35.3 Å². The highest BCUT2D eigenvalue weighted by molar-refractivity contribution is 6.31. The molecule has 164 valence electrons. The second-order valence-corrected chi connectivity index (χ2v) is 7.37. The second-order valence-electron chi connectivity index (χ2n) is 6.97. The molecule has 0 radical (unpaired) electrons. The summed E-state index contributed by atoms with van der Waals surface area (Å²) in [6.07, 6.45) is 4.72. The van der Waals surface area contributed by atoms with Gasteiger partial charge in [0.25, 0.3) is 5.91 Å². The number of hydrogen-bond donors (Lipinski definition) is 2. The third-order valence-electron chi connectivity index (χ3n) is 4.97. The van der Waals surface area contributed by atoms with E-state index >= 15 is 0 Å². The predicted molar refractivity (Wildman–Crippen MR) is 120 cm³/mol. The van der Waals surface area contributed by atoms with Crippen molar-refractivity contribution in [3.05, 3.63) is 71.2 Å². The van der Waals surface area contributed by atoms with Crippen molar-refractivity contribution >= 4 is 23.2 Å². The number of nitrogens with zero attached hydrogens (tertiary/aromatic N) is 7. The van der Waals surface area contributed by atoms with Gasteiger partial charge in [0.05, 0.1) is 30.0 Å². The molecule has 0 fully saturated rings. The molecule has 10 nitrogen and oxygen atoms in total. The Morgan fingerprint density at radius 2 is 2.06 bits per heavy atom. The number of amides is 1. The van der Waals surface area contributed by atoms with Gasteiger partial charge in [-0.05, 0) is 31.2 Å². The number of aryl methyl sites for hydroxylation is 1. The SMILES string of the molecule is CCn1ncc(Cl)c1CNC(=O)c1cccc(NCc2nnc(-c3ccncn3)n2C)c1. The van der Waals surface area contributed by atoms with Crippen molar-refractivity contribution in [3.63, 3.8) is 0 Å². The minimum absolute atomic E-state index is 0.196. The van der Waals surface area contributed by atoms with Crippen LogP contribution in [-0.4, -0.2) is 40.4 Å². The molecule has 4 aromatic rings. The van der Waals surface area contributed by atoms with Crippen molar-refractivity contribution in [1.29, 1.82) is 0 Å². The van der Waals surface area contributed by atoms with E-state index in [1.165, 1.54) is 6.33 Å². The molecule has 0 unspecified atom stereocenters. The Hall–Kier alpha value is -3.79. The Balaban J connectivity index is 1.40. The van der Waals surface area contributed by atoms with Gasteiger partial charge in [-0.25, -0.2) is 9.97 Å². The maximum absolute atomic E-state index is 12.6. The van der Waals surface area contributed by atoms with E-state index in [1.807, 2.05) is 30.7 Å². The molecule has 0 bridgehead atoms. The van der Waals surface area contributed by atoms with Gasteiger partial charge in [0.2, 0.25) is 0 Å². The molecular formula is C21H22ClN9O. The maximum Gasteiger partial charge on any atom is 0.251 e. The summed E-state index contributed by atoms with van der Waals surface area (Å²) in [4.78, 5) is 20.8. The standard InChI is InChI=1S/C21H22ClN9O/c1-3-31-18(16(22)10-27-31)11-25-21(32)14-5-4-6-15(9-14)24-12-19-28-29-20(30(19)2)17-7-8-23-13-26-17/h4-10,13,24H,3,11-12H2,1-2H3,(H,25,32). The van der Waals surface area contributed by atoms with Crippen LogP contribution in [0.5, 0.6) is 0 Å². The van der Waals surface area contributed by atoms with E-state index in [2.05, 4.69) is 35.9 Å². The quantitative estimate of drug-likeness (QED) is 0.423. The van der Waals surface area contributed by atoms with Crippen molar-refractivity contribution in [1.82, 2.24) is 39.8 Å². The lowest BCUT2D eigenvalue weighted by Gasteiger charge is -2.10. The second kappa shape index (κ2) is 9.56. The molecule has 4 rings (SSSR count). The molecular weight excluding hydrogens is 430 g/mol. The van der Waals surface area contributed by atoms with Crippen LogP contribution in [0.2, 0.25) is 5.02 Å². The average Bonchev–Trinajstić information content (AvgIpc) is 3.38. The summed E-state index contributed by atoms with van der Waals surface area (Å²) in [7, 11) is 1.88. The van der Waals surface area contributed by atoms with Crippen LogP contribution in [0.15, 0.2) is 49.1 Å². The highest BCUT2D eigenvalue weighted by Crippen LogP contribution is 2.17. The zero-order valence-corrected chi connectivity index (χ0v) is 18.4. The van der Waals surface area contributed by atoms with Gasteiger partial charge in [0, 0.05) is 31.0 Å². The van der Waals surface area contributed by atoms with Crippen LogP contribution in [0.4, 0.5) is 5.69 Å². The van der Waals surface area contributed by atoms with E-state index in [0.29, 0.717) is 41.7 Å². The molecule has 3 aromatic heterocycles. The van der Waals surface area contributed by atoms with Gasteiger partial charge >= 0.3 is 0 Å². The van der Waals surface area contributed by atoms with Crippen molar-refractivity contribution in [2.75, 3.05) is 5.32 Å². The summed E-state index contributed by atoms with van der Waals surface area (Å²) in [5.74, 6) is 1.19. The lowest BCUT2D eigenvalue weighted by Crippen LogP contribution is -2.24. The molecule has 3 heterocycles. The number of carbonyl (C=O) groups excluding carboxylic acids is 1. The van der Waals surface area contributed by atoms with Crippen LogP contribution < -0.4 is 10.6 Å². The van der Waals surface area contributed by atoms with Gasteiger partial charge < -0.3 is 15.2 Å². The van der Waals surface area contributed by atoms with E-state index in [4.69, 9.17) is 11.6 Å². The summed E-state index contributed by atoms with van der Waals surface area (Å²) >= 11 is 6.17. The largest absolute Gasteiger partial charge is 0.378 e. The molecule has 0 atom stereocenters. The average molecular weight is 452 g/mol. The lowest BCUT2D eigenvalue weighted by molar-refractivity contribution is 0.0950. The monoisotopic (exact) mass is 451 g/mol. The zero-order chi connectivity index (χ0) is 22.5. The topological polar surface area (TPSA) is 115 Å². The first-order valence-electron chi connectivity index (χ1n) is 10.0. The van der Waals surface area contributed by atoms with Crippen LogP contribution in [0.3, 0.4) is 0 Å².